The average Bonchev–Trinajstić information content (AvgIpc) is 3.02. The van der Waals surface area contributed by atoms with Crippen molar-refractivity contribution in [3.63, 3.8) is 0 Å². The molecule has 0 aliphatic rings. The smallest absolute Gasteiger partial charge is 0.351 e. The van der Waals surface area contributed by atoms with Crippen LogP contribution in [0.15, 0.2) is 48.9 Å². The Bertz CT molecular complexity index is 755. The number of carbonyl (C=O) groups is 1. The molecule has 3 aromatic rings. The molecule has 0 saturated heterocycles. The lowest BCUT2D eigenvalue weighted by molar-refractivity contribution is -0.149. The number of hydrogen-bond acceptors (Lipinski definition) is 5. The number of nitrogens with zero attached hydrogens (tertiary/aromatic N) is 2. The van der Waals surface area contributed by atoms with Crippen LogP contribution < -0.4 is 4.74 Å². The van der Waals surface area contributed by atoms with Gasteiger partial charge in [0, 0.05) is 11.8 Å². The molecule has 106 valence electrons. The van der Waals surface area contributed by atoms with Crippen LogP contribution in [-0.2, 0) is 9.53 Å². The summed E-state index contributed by atoms with van der Waals surface area (Å²) >= 11 is 0. The third kappa shape index (κ3) is 2.55. The van der Waals surface area contributed by atoms with Crippen molar-refractivity contribution in [2.75, 3.05) is 7.11 Å². The molecule has 2 heterocycles. The normalized spacial score (nSPS) is 12.0. The summed E-state index contributed by atoms with van der Waals surface area (Å²) in [5.74, 6) is -0.149. The summed E-state index contributed by atoms with van der Waals surface area (Å²) in [5.41, 5.74) is 1.35. The van der Waals surface area contributed by atoms with E-state index in [2.05, 4.69) is 15.0 Å². The summed E-state index contributed by atoms with van der Waals surface area (Å²) < 4.78 is 10.6. The largest absolute Gasteiger partial charge is 0.466 e. The quantitative estimate of drug-likeness (QED) is 0.743. The van der Waals surface area contributed by atoms with Crippen LogP contribution in [0.1, 0.15) is 11.7 Å². The molecular weight excluding hydrogens is 270 g/mol. The van der Waals surface area contributed by atoms with E-state index in [4.69, 9.17) is 9.47 Å². The van der Waals surface area contributed by atoms with Crippen LogP contribution in [0.5, 0.6) is 5.88 Å². The van der Waals surface area contributed by atoms with Gasteiger partial charge in [-0.2, -0.15) is 0 Å². The first-order valence-corrected chi connectivity index (χ1v) is 6.37. The van der Waals surface area contributed by atoms with Gasteiger partial charge in [0.25, 0.3) is 0 Å². The van der Waals surface area contributed by atoms with E-state index < -0.39 is 12.1 Å². The molecular formula is C15H13N3O3. The summed E-state index contributed by atoms with van der Waals surface area (Å²) in [7, 11) is 1.33. The Kier molecular flexibility index (Phi) is 3.51. The molecule has 0 aliphatic carbocycles. The van der Waals surface area contributed by atoms with Crippen molar-refractivity contribution in [2.24, 2.45) is 0 Å². The number of aromatic nitrogens is 3. The fourth-order valence-electron chi connectivity index (χ4n) is 2.04. The average molecular weight is 283 g/mol. The van der Waals surface area contributed by atoms with E-state index in [1.807, 2.05) is 18.2 Å². The first-order valence-electron chi connectivity index (χ1n) is 6.37. The fraction of sp³-hybridized carbons (Fsp3) is 0.133. The molecule has 2 aromatic heterocycles. The third-order valence-electron chi connectivity index (χ3n) is 3.06. The lowest BCUT2D eigenvalue weighted by atomic mass is 10.1. The van der Waals surface area contributed by atoms with Crippen LogP contribution in [0.3, 0.4) is 0 Å². The summed E-state index contributed by atoms with van der Waals surface area (Å²) in [6, 6.07) is 10.9. The van der Waals surface area contributed by atoms with Crippen LogP contribution in [0, 0.1) is 0 Å². The molecule has 1 atom stereocenters. The number of H-pyrrole nitrogens is 1. The second kappa shape index (κ2) is 5.62. The Hall–Kier alpha value is -2.89. The number of hydrogen-bond donors (Lipinski definition) is 1. The molecule has 21 heavy (non-hydrogen) atoms. The van der Waals surface area contributed by atoms with Gasteiger partial charge >= 0.3 is 5.97 Å². The Balaban J connectivity index is 1.99. The van der Waals surface area contributed by atoms with Crippen LogP contribution >= 0.6 is 0 Å². The summed E-state index contributed by atoms with van der Waals surface area (Å²) in [6.07, 6.45) is 2.25. The first-order chi connectivity index (χ1) is 10.3. The Morgan fingerprint density at radius 1 is 1.19 bits per heavy atom. The number of aromatic amines is 1. The summed E-state index contributed by atoms with van der Waals surface area (Å²) in [5, 5.41) is 0.710. The second-order valence-electron chi connectivity index (χ2n) is 4.35. The number of carbonyl (C=O) groups excluding carboxylic acids is 1. The van der Waals surface area contributed by atoms with Crippen LogP contribution in [0.25, 0.3) is 11.0 Å². The number of fused-ring (bicyclic) bond motifs is 1. The fourth-order valence-corrected chi connectivity index (χ4v) is 2.04. The Morgan fingerprint density at radius 2 is 2.00 bits per heavy atom. The molecule has 0 saturated carbocycles. The highest BCUT2D eigenvalue weighted by Crippen LogP contribution is 2.26. The van der Waals surface area contributed by atoms with Gasteiger partial charge in [0.2, 0.25) is 12.0 Å². The molecule has 0 fully saturated rings. The molecule has 1 unspecified atom stereocenters. The molecule has 0 bridgehead atoms. The maximum absolute atomic E-state index is 12.0. The zero-order valence-corrected chi connectivity index (χ0v) is 11.3. The van der Waals surface area contributed by atoms with Crippen molar-refractivity contribution in [2.45, 2.75) is 6.10 Å². The van der Waals surface area contributed by atoms with Crippen LogP contribution in [-0.4, -0.2) is 28.0 Å². The minimum Gasteiger partial charge on any atom is -0.466 e. The van der Waals surface area contributed by atoms with Gasteiger partial charge < -0.3 is 14.5 Å². The zero-order valence-electron chi connectivity index (χ0n) is 11.3. The molecule has 6 nitrogen and oxygen atoms in total. The highest BCUT2D eigenvalue weighted by molar-refractivity contribution is 5.82. The van der Waals surface area contributed by atoms with E-state index >= 15 is 0 Å². The third-order valence-corrected chi connectivity index (χ3v) is 3.06. The molecule has 0 radical (unpaired) electrons. The molecule has 6 heteroatoms. The van der Waals surface area contributed by atoms with Gasteiger partial charge in [-0.1, -0.05) is 30.3 Å². The van der Waals surface area contributed by atoms with E-state index in [0.29, 0.717) is 22.5 Å². The van der Waals surface area contributed by atoms with Crippen LogP contribution in [0.2, 0.25) is 0 Å². The van der Waals surface area contributed by atoms with Crippen molar-refractivity contribution in [3.05, 3.63) is 54.5 Å². The zero-order chi connectivity index (χ0) is 14.7. The van der Waals surface area contributed by atoms with Crippen molar-refractivity contribution in [1.82, 2.24) is 15.0 Å². The monoisotopic (exact) mass is 283 g/mol. The van der Waals surface area contributed by atoms with Crippen molar-refractivity contribution < 1.29 is 14.3 Å². The highest BCUT2D eigenvalue weighted by Gasteiger charge is 2.25. The van der Waals surface area contributed by atoms with Gasteiger partial charge in [0.15, 0.2) is 0 Å². The molecule has 3 rings (SSSR count). The lowest BCUT2D eigenvalue weighted by Crippen LogP contribution is -2.20. The maximum Gasteiger partial charge on any atom is 0.351 e. The predicted molar refractivity (Wildman–Crippen MR) is 75.7 cm³/mol. The number of methoxy groups -OCH3 is 1. The Labute approximate surface area is 120 Å². The summed E-state index contributed by atoms with van der Waals surface area (Å²) in [6.45, 7) is 0. The minimum atomic E-state index is -0.871. The van der Waals surface area contributed by atoms with E-state index in [9.17, 15) is 4.79 Å². The Morgan fingerprint density at radius 3 is 2.76 bits per heavy atom. The minimum absolute atomic E-state index is 0.334. The van der Waals surface area contributed by atoms with Gasteiger partial charge in [-0.3, -0.25) is 0 Å². The molecule has 0 aliphatic heterocycles. The number of nitrogens with one attached hydrogen (secondary N) is 1. The number of ether oxygens (including phenoxy) is 2. The van der Waals surface area contributed by atoms with Gasteiger partial charge in [0.1, 0.15) is 12.0 Å². The highest BCUT2D eigenvalue weighted by atomic mass is 16.6. The van der Waals surface area contributed by atoms with E-state index in [1.54, 1.807) is 24.4 Å². The molecule has 0 amide bonds. The van der Waals surface area contributed by atoms with Crippen molar-refractivity contribution in [3.8, 4) is 5.88 Å². The SMILES string of the molecule is COC(=O)C(Oc1ncnc2[nH]ccc12)c1ccccc1. The number of rotatable bonds is 4. The van der Waals surface area contributed by atoms with Crippen molar-refractivity contribution in [1.29, 1.82) is 0 Å². The second-order valence-corrected chi connectivity index (χ2v) is 4.35. The standard InChI is InChI=1S/C15H13N3O3/c1-20-15(19)12(10-5-3-2-4-6-10)21-14-11-7-8-16-13(11)17-9-18-14/h2-9,12H,1H3,(H,16,17,18). The molecule has 1 N–H and O–H groups in total. The molecule has 0 spiro atoms. The summed E-state index contributed by atoms with van der Waals surface area (Å²) in [4.78, 5) is 23.1. The maximum atomic E-state index is 12.0. The van der Waals surface area contributed by atoms with Crippen molar-refractivity contribution >= 4 is 17.0 Å². The predicted octanol–water partition coefficient (Wildman–Crippen LogP) is 2.25. The van der Waals surface area contributed by atoms with Gasteiger partial charge in [0.05, 0.1) is 12.5 Å². The molecule has 1 aromatic carbocycles. The first kappa shape index (κ1) is 13.1. The van der Waals surface area contributed by atoms with E-state index in [0.717, 1.165) is 0 Å². The van der Waals surface area contributed by atoms with Crippen LogP contribution in [0.4, 0.5) is 0 Å². The lowest BCUT2D eigenvalue weighted by Gasteiger charge is -2.16. The van der Waals surface area contributed by atoms with E-state index in [1.165, 1.54) is 13.4 Å². The van der Waals surface area contributed by atoms with Gasteiger partial charge in [-0.15, -0.1) is 0 Å². The van der Waals surface area contributed by atoms with E-state index in [-0.39, 0.29) is 0 Å². The van der Waals surface area contributed by atoms with Gasteiger partial charge in [-0.05, 0) is 6.07 Å². The van der Waals surface area contributed by atoms with Gasteiger partial charge in [-0.25, -0.2) is 14.8 Å². The number of benzene rings is 1. The number of esters is 1. The topological polar surface area (TPSA) is 77.1 Å².